The monoisotopic (exact) mass is 263 g/mol. The first kappa shape index (κ1) is 12.7. The van der Waals surface area contributed by atoms with Crippen molar-refractivity contribution in [2.24, 2.45) is 0 Å². The van der Waals surface area contributed by atoms with Gasteiger partial charge < -0.3 is 9.72 Å². The van der Waals surface area contributed by atoms with Gasteiger partial charge in [0.15, 0.2) is 0 Å². The quantitative estimate of drug-likeness (QED) is 0.859. The number of hydrogen-bond acceptors (Lipinski definition) is 2. The summed E-state index contributed by atoms with van der Waals surface area (Å²) in [6.45, 7) is 2.17. The van der Waals surface area contributed by atoms with Gasteiger partial charge in [0.05, 0.1) is 6.61 Å². The second-order valence-corrected chi connectivity index (χ2v) is 4.38. The summed E-state index contributed by atoms with van der Waals surface area (Å²) in [7, 11) is 0. The smallest absolute Gasteiger partial charge is 0.354 e. The number of ether oxygens (including phenoxy) is 1. The first-order valence-corrected chi connectivity index (χ1v) is 6.15. The van der Waals surface area contributed by atoms with Gasteiger partial charge in [-0.1, -0.05) is 23.7 Å². The van der Waals surface area contributed by atoms with Crippen molar-refractivity contribution in [3.05, 3.63) is 58.4 Å². The van der Waals surface area contributed by atoms with Crippen LogP contribution in [-0.2, 0) is 11.2 Å². The third-order valence-corrected chi connectivity index (χ3v) is 2.81. The Kier molecular flexibility index (Phi) is 4.05. The van der Waals surface area contributed by atoms with Crippen molar-refractivity contribution in [3.8, 4) is 0 Å². The van der Waals surface area contributed by atoms with E-state index in [2.05, 4.69) is 4.98 Å². The van der Waals surface area contributed by atoms with Crippen LogP contribution in [0, 0.1) is 0 Å². The van der Waals surface area contributed by atoms with Gasteiger partial charge in [-0.3, -0.25) is 0 Å². The van der Waals surface area contributed by atoms with Crippen LogP contribution in [0.5, 0.6) is 0 Å². The van der Waals surface area contributed by atoms with Crippen LogP contribution in [0.25, 0.3) is 0 Å². The molecule has 0 atom stereocenters. The summed E-state index contributed by atoms with van der Waals surface area (Å²) in [5.74, 6) is -0.320. The largest absolute Gasteiger partial charge is 0.461 e. The van der Waals surface area contributed by atoms with Crippen LogP contribution in [0.15, 0.2) is 36.5 Å². The topological polar surface area (TPSA) is 42.1 Å². The molecule has 3 nitrogen and oxygen atoms in total. The Labute approximate surface area is 111 Å². The van der Waals surface area contributed by atoms with Gasteiger partial charge >= 0.3 is 5.97 Å². The van der Waals surface area contributed by atoms with Gasteiger partial charge in [-0.25, -0.2) is 4.79 Å². The van der Waals surface area contributed by atoms with Gasteiger partial charge in [0, 0.05) is 11.2 Å². The summed E-state index contributed by atoms with van der Waals surface area (Å²) in [5.41, 5.74) is 2.68. The maximum atomic E-state index is 11.5. The van der Waals surface area contributed by atoms with Gasteiger partial charge in [0.25, 0.3) is 0 Å². The van der Waals surface area contributed by atoms with Gasteiger partial charge in [-0.05, 0) is 42.7 Å². The number of rotatable bonds is 4. The molecule has 0 fully saturated rings. The Morgan fingerprint density at radius 3 is 2.67 bits per heavy atom. The number of esters is 1. The first-order chi connectivity index (χ1) is 8.69. The van der Waals surface area contributed by atoms with Crippen molar-refractivity contribution in [1.82, 2.24) is 4.98 Å². The Bertz CT molecular complexity index is 531. The average Bonchev–Trinajstić information content (AvgIpc) is 2.81. The fraction of sp³-hybridized carbons (Fsp3) is 0.214. The molecule has 1 aromatic heterocycles. The number of aromatic amines is 1. The molecule has 0 spiro atoms. The normalized spacial score (nSPS) is 10.3. The number of H-pyrrole nitrogens is 1. The van der Waals surface area contributed by atoms with E-state index in [4.69, 9.17) is 16.3 Å². The fourth-order valence-electron chi connectivity index (χ4n) is 1.71. The molecule has 0 radical (unpaired) electrons. The Balaban J connectivity index is 2.06. The molecule has 0 saturated heterocycles. The maximum Gasteiger partial charge on any atom is 0.354 e. The highest BCUT2D eigenvalue weighted by molar-refractivity contribution is 6.30. The summed E-state index contributed by atoms with van der Waals surface area (Å²) in [4.78, 5) is 14.4. The Morgan fingerprint density at radius 2 is 2.00 bits per heavy atom. The summed E-state index contributed by atoms with van der Waals surface area (Å²) >= 11 is 5.83. The van der Waals surface area contributed by atoms with Crippen molar-refractivity contribution < 1.29 is 9.53 Å². The summed E-state index contributed by atoms with van der Waals surface area (Å²) < 4.78 is 4.92. The van der Waals surface area contributed by atoms with Crippen LogP contribution in [0.1, 0.15) is 28.5 Å². The predicted octanol–water partition coefficient (Wildman–Crippen LogP) is 3.44. The molecule has 18 heavy (non-hydrogen) atoms. The third-order valence-electron chi connectivity index (χ3n) is 2.56. The number of aromatic nitrogens is 1. The maximum absolute atomic E-state index is 11.5. The van der Waals surface area contributed by atoms with Crippen molar-refractivity contribution in [2.45, 2.75) is 13.3 Å². The molecule has 2 aromatic rings. The number of carbonyl (C=O) groups excluding carboxylic acids is 1. The van der Waals surface area contributed by atoms with Crippen LogP contribution in [0.3, 0.4) is 0 Å². The number of halogens is 1. The lowest BCUT2D eigenvalue weighted by molar-refractivity contribution is 0.0520. The Hall–Kier alpha value is -1.74. The van der Waals surface area contributed by atoms with Crippen molar-refractivity contribution >= 4 is 17.6 Å². The van der Waals surface area contributed by atoms with E-state index >= 15 is 0 Å². The zero-order valence-corrected chi connectivity index (χ0v) is 10.8. The molecule has 0 bridgehead atoms. The minimum Gasteiger partial charge on any atom is -0.461 e. The van der Waals surface area contributed by atoms with Crippen molar-refractivity contribution in [1.29, 1.82) is 0 Å². The lowest BCUT2D eigenvalue weighted by atomic mass is 10.1. The molecule has 0 unspecified atom stereocenters. The van der Waals surface area contributed by atoms with E-state index in [0.29, 0.717) is 12.3 Å². The van der Waals surface area contributed by atoms with Crippen LogP contribution >= 0.6 is 11.6 Å². The van der Waals surface area contributed by atoms with Gasteiger partial charge in [0.1, 0.15) is 5.69 Å². The molecule has 0 saturated carbocycles. The van der Waals surface area contributed by atoms with E-state index in [9.17, 15) is 4.79 Å². The molecular weight excluding hydrogens is 250 g/mol. The highest BCUT2D eigenvalue weighted by atomic mass is 35.5. The summed E-state index contributed by atoms with van der Waals surface area (Å²) in [6.07, 6.45) is 2.58. The first-order valence-electron chi connectivity index (χ1n) is 5.78. The van der Waals surface area contributed by atoms with E-state index < -0.39 is 0 Å². The molecule has 0 aliphatic heterocycles. The summed E-state index contributed by atoms with van der Waals surface area (Å²) in [5, 5.41) is 0.722. The zero-order chi connectivity index (χ0) is 13.0. The lowest BCUT2D eigenvalue weighted by Gasteiger charge is -1.99. The second-order valence-electron chi connectivity index (χ2n) is 3.95. The fourth-order valence-corrected chi connectivity index (χ4v) is 1.83. The zero-order valence-electron chi connectivity index (χ0n) is 10.1. The van der Waals surface area contributed by atoms with E-state index in [1.807, 2.05) is 36.5 Å². The van der Waals surface area contributed by atoms with E-state index in [0.717, 1.165) is 22.6 Å². The third kappa shape index (κ3) is 3.14. The van der Waals surface area contributed by atoms with Crippen LogP contribution in [-0.4, -0.2) is 17.6 Å². The van der Waals surface area contributed by atoms with E-state index in [1.54, 1.807) is 6.92 Å². The van der Waals surface area contributed by atoms with Crippen LogP contribution < -0.4 is 0 Å². The SMILES string of the molecule is CCOC(=O)c1cc(Cc2ccc(Cl)cc2)c[nH]1. The van der Waals surface area contributed by atoms with E-state index in [-0.39, 0.29) is 5.97 Å². The average molecular weight is 264 g/mol. The van der Waals surface area contributed by atoms with Gasteiger partial charge in [-0.15, -0.1) is 0 Å². The van der Waals surface area contributed by atoms with Crippen molar-refractivity contribution in [3.63, 3.8) is 0 Å². The molecule has 0 aliphatic rings. The highest BCUT2D eigenvalue weighted by Gasteiger charge is 2.09. The van der Waals surface area contributed by atoms with Gasteiger partial charge in [-0.2, -0.15) is 0 Å². The second kappa shape index (κ2) is 5.74. The number of carbonyl (C=O) groups is 1. The molecular formula is C14H14ClNO2. The molecule has 1 N–H and O–H groups in total. The molecule has 2 rings (SSSR count). The lowest BCUT2D eigenvalue weighted by Crippen LogP contribution is -2.04. The number of benzene rings is 1. The van der Waals surface area contributed by atoms with Crippen LogP contribution in [0.2, 0.25) is 5.02 Å². The standard InChI is InChI=1S/C14H14ClNO2/c1-2-18-14(17)13-8-11(9-16-13)7-10-3-5-12(15)6-4-10/h3-6,8-9,16H,2,7H2,1H3. The molecule has 1 aromatic carbocycles. The van der Waals surface area contributed by atoms with Crippen molar-refractivity contribution in [2.75, 3.05) is 6.61 Å². The summed E-state index contributed by atoms with van der Waals surface area (Å²) in [6, 6.07) is 9.47. The molecule has 1 heterocycles. The van der Waals surface area contributed by atoms with Crippen LogP contribution in [0.4, 0.5) is 0 Å². The minimum atomic E-state index is -0.320. The molecule has 4 heteroatoms. The molecule has 94 valence electrons. The number of hydrogen-bond donors (Lipinski definition) is 1. The van der Waals surface area contributed by atoms with E-state index in [1.165, 1.54) is 0 Å². The number of nitrogens with one attached hydrogen (secondary N) is 1. The predicted molar refractivity (Wildman–Crippen MR) is 71.0 cm³/mol. The molecule has 0 aliphatic carbocycles. The molecule has 0 amide bonds. The van der Waals surface area contributed by atoms with Gasteiger partial charge in [0.2, 0.25) is 0 Å². The highest BCUT2D eigenvalue weighted by Crippen LogP contribution is 2.14. The Morgan fingerprint density at radius 1 is 1.28 bits per heavy atom. The minimum absolute atomic E-state index is 0.320.